The summed E-state index contributed by atoms with van der Waals surface area (Å²) in [6.07, 6.45) is 4.91. The van der Waals surface area contributed by atoms with Crippen molar-refractivity contribution >= 4 is 11.8 Å². The van der Waals surface area contributed by atoms with Crippen LogP contribution >= 0.6 is 0 Å². The van der Waals surface area contributed by atoms with Crippen LogP contribution in [0.4, 0.5) is 0 Å². The molecule has 144 valence electrons. The molecular formula is C20H32N4O2. The Morgan fingerprint density at radius 3 is 2.62 bits per heavy atom. The molecule has 0 aromatic carbocycles. The van der Waals surface area contributed by atoms with E-state index >= 15 is 0 Å². The number of likely N-dealkylation sites (tertiary alicyclic amines) is 1. The highest BCUT2D eigenvalue weighted by atomic mass is 16.2. The number of carbonyl (C=O) groups excluding carboxylic acids is 2. The highest BCUT2D eigenvalue weighted by Crippen LogP contribution is 2.46. The molecule has 2 N–H and O–H groups in total. The number of amides is 2. The Hall–Kier alpha value is -1.85. The van der Waals surface area contributed by atoms with E-state index in [1.54, 1.807) is 4.90 Å². The molecule has 1 atom stereocenters. The van der Waals surface area contributed by atoms with Crippen molar-refractivity contribution in [2.75, 3.05) is 13.1 Å². The van der Waals surface area contributed by atoms with Gasteiger partial charge in [0.05, 0.1) is 0 Å². The number of aromatic amines is 1. The first-order valence-electron chi connectivity index (χ1n) is 9.96. The summed E-state index contributed by atoms with van der Waals surface area (Å²) >= 11 is 0. The van der Waals surface area contributed by atoms with Gasteiger partial charge in [0.15, 0.2) is 0 Å². The molecule has 2 fully saturated rings. The number of H-pyrrole nitrogens is 1. The molecule has 2 aliphatic rings. The van der Waals surface area contributed by atoms with E-state index in [1.165, 1.54) is 0 Å². The maximum Gasteiger partial charge on any atom is 0.274 e. The number of rotatable bonds is 6. The number of carbonyl (C=O) groups is 2. The van der Waals surface area contributed by atoms with E-state index in [2.05, 4.69) is 43.2 Å². The molecule has 26 heavy (non-hydrogen) atoms. The van der Waals surface area contributed by atoms with Gasteiger partial charge in [0, 0.05) is 30.2 Å². The van der Waals surface area contributed by atoms with E-state index in [-0.39, 0.29) is 23.3 Å². The minimum atomic E-state index is -0.167. The van der Waals surface area contributed by atoms with Crippen molar-refractivity contribution in [1.82, 2.24) is 20.4 Å². The number of aromatic nitrogens is 2. The molecular weight excluding hydrogens is 328 g/mol. The average Bonchev–Trinajstić information content (AvgIpc) is 3.19. The van der Waals surface area contributed by atoms with Crippen LogP contribution in [0.15, 0.2) is 6.07 Å². The largest absolute Gasteiger partial charge is 0.351 e. The average molecular weight is 361 g/mol. The number of hydrogen-bond acceptors (Lipinski definition) is 3. The van der Waals surface area contributed by atoms with Crippen LogP contribution in [-0.4, -0.2) is 46.0 Å². The smallest absolute Gasteiger partial charge is 0.274 e. The lowest BCUT2D eigenvalue weighted by atomic mass is 9.64. The molecule has 1 saturated carbocycles. The summed E-state index contributed by atoms with van der Waals surface area (Å²) in [6.45, 7) is 9.74. The first kappa shape index (κ1) is 18.9. The van der Waals surface area contributed by atoms with Crippen molar-refractivity contribution in [2.24, 2.45) is 11.3 Å². The number of nitrogens with zero attached hydrogens (tertiary/aromatic N) is 2. The maximum atomic E-state index is 12.8. The second kappa shape index (κ2) is 7.41. The van der Waals surface area contributed by atoms with Crippen LogP contribution in [0.1, 0.15) is 81.9 Å². The van der Waals surface area contributed by atoms with E-state index < -0.39 is 0 Å². The van der Waals surface area contributed by atoms with Crippen LogP contribution in [0.2, 0.25) is 0 Å². The summed E-state index contributed by atoms with van der Waals surface area (Å²) in [6, 6.07) is 1.89. The van der Waals surface area contributed by atoms with Gasteiger partial charge in [-0.15, -0.1) is 0 Å². The summed E-state index contributed by atoms with van der Waals surface area (Å²) in [4.78, 5) is 27.3. The normalized spacial score (nSPS) is 21.9. The third-order valence-electron chi connectivity index (χ3n) is 5.84. The van der Waals surface area contributed by atoms with Gasteiger partial charge in [-0.25, -0.2) is 0 Å². The SMILES string of the molecule is CC(C)CC1(C(=O)NC2CCN(C(=O)c3cc(C(C)C)[nH]n3)C2)CCC1. The topological polar surface area (TPSA) is 78.1 Å². The van der Waals surface area contributed by atoms with Crippen molar-refractivity contribution in [2.45, 2.75) is 71.8 Å². The van der Waals surface area contributed by atoms with Gasteiger partial charge in [-0.05, 0) is 43.6 Å². The Labute approximate surface area is 156 Å². The third-order valence-corrected chi connectivity index (χ3v) is 5.84. The molecule has 0 bridgehead atoms. The molecule has 1 aliphatic heterocycles. The summed E-state index contributed by atoms with van der Waals surface area (Å²) in [5.41, 5.74) is 1.27. The van der Waals surface area contributed by atoms with Gasteiger partial charge >= 0.3 is 0 Å². The second-order valence-corrected chi connectivity index (χ2v) is 8.81. The fourth-order valence-electron chi connectivity index (χ4n) is 4.21. The quantitative estimate of drug-likeness (QED) is 0.818. The fourth-order valence-corrected chi connectivity index (χ4v) is 4.21. The zero-order chi connectivity index (χ0) is 18.9. The third kappa shape index (κ3) is 3.79. The van der Waals surface area contributed by atoms with Crippen molar-refractivity contribution in [3.05, 3.63) is 17.5 Å². The maximum absolute atomic E-state index is 12.8. The molecule has 2 heterocycles. The summed E-state index contributed by atoms with van der Waals surface area (Å²) in [7, 11) is 0. The molecule has 3 rings (SSSR count). The zero-order valence-corrected chi connectivity index (χ0v) is 16.5. The van der Waals surface area contributed by atoms with Crippen LogP contribution in [0.5, 0.6) is 0 Å². The number of hydrogen-bond donors (Lipinski definition) is 2. The van der Waals surface area contributed by atoms with Crippen LogP contribution in [0.3, 0.4) is 0 Å². The van der Waals surface area contributed by atoms with Gasteiger partial charge < -0.3 is 10.2 Å². The minimum absolute atomic E-state index is 0.0505. The fraction of sp³-hybridized carbons (Fsp3) is 0.750. The standard InChI is InChI=1S/C20H32N4O2/c1-13(2)11-20(7-5-8-20)19(26)21-15-6-9-24(12-15)18(25)17-10-16(14(3)4)22-23-17/h10,13-15H,5-9,11-12H2,1-4H3,(H,21,26)(H,22,23). The van der Waals surface area contributed by atoms with Crippen LogP contribution < -0.4 is 5.32 Å². The Bertz CT molecular complexity index is 661. The molecule has 2 amide bonds. The summed E-state index contributed by atoms with van der Waals surface area (Å²) < 4.78 is 0. The molecule has 1 aromatic rings. The molecule has 6 nitrogen and oxygen atoms in total. The second-order valence-electron chi connectivity index (χ2n) is 8.81. The molecule has 1 saturated heterocycles. The van der Waals surface area contributed by atoms with Crippen LogP contribution in [-0.2, 0) is 4.79 Å². The van der Waals surface area contributed by atoms with Gasteiger partial charge in [0.2, 0.25) is 5.91 Å². The highest BCUT2D eigenvalue weighted by molar-refractivity contribution is 5.92. The van der Waals surface area contributed by atoms with E-state index in [4.69, 9.17) is 0 Å². The van der Waals surface area contributed by atoms with E-state index in [9.17, 15) is 9.59 Å². The predicted octanol–water partition coefficient (Wildman–Crippen LogP) is 3.08. The summed E-state index contributed by atoms with van der Waals surface area (Å²) in [5.74, 6) is 0.982. The van der Waals surface area contributed by atoms with Gasteiger partial charge in [0.1, 0.15) is 5.69 Å². The van der Waals surface area contributed by atoms with Crippen molar-refractivity contribution in [1.29, 1.82) is 0 Å². The molecule has 0 radical (unpaired) electrons. The molecule has 6 heteroatoms. The summed E-state index contributed by atoms with van der Waals surface area (Å²) in [5, 5.41) is 10.3. The van der Waals surface area contributed by atoms with Crippen LogP contribution in [0, 0.1) is 11.3 Å². The van der Waals surface area contributed by atoms with E-state index in [0.717, 1.165) is 37.8 Å². The lowest BCUT2D eigenvalue weighted by Gasteiger charge is -2.42. The Morgan fingerprint density at radius 2 is 2.08 bits per heavy atom. The van der Waals surface area contributed by atoms with Crippen molar-refractivity contribution in [3.8, 4) is 0 Å². The molecule has 1 aromatic heterocycles. The van der Waals surface area contributed by atoms with Gasteiger partial charge in [-0.1, -0.05) is 34.1 Å². The predicted molar refractivity (Wildman–Crippen MR) is 101 cm³/mol. The van der Waals surface area contributed by atoms with Gasteiger partial charge in [-0.2, -0.15) is 5.10 Å². The van der Waals surface area contributed by atoms with Crippen LogP contribution in [0.25, 0.3) is 0 Å². The first-order valence-corrected chi connectivity index (χ1v) is 9.96. The molecule has 0 spiro atoms. The first-order chi connectivity index (χ1) is 12.3. The van der Waals surface area contributed by atoms with E-state index in [0.29, 0.717) is 30.6 Å². The Balaban J connectivity index is 1.56. The lowest BCUT2D eigenvalue weighted by Crippen LogP contribution is -2.50. The Morgan fingerprint density at radius 1 is 1.35 bits per heavy atom. The van der Waals surface area contributed by atoms with Crippen molar-refractivity contribution in [3.63, 3.8) is 0 Å². The molecule has 1 aliphatic carbocycles. The zero-order valence-electron chi connectivity index (χ0n) is 16.5. The van der Waals surface area contributed by atoms with Gasteiger partial charge in [-0.3, -0.25) is 14.7 Å². The lowest BCUT2D eigenvalue weighted by molar-refractivity contribution is -0.138. The Kier molecular flexibility index (Phi) is 5.39. The monoisotopic (exact) mass is 360 g/mol. The molecule has 1 unspecified atom stereocenters. The van der Waals surface area contributed by atoms with Gasteiger partial charge in [0.25, 0.3) is 5.91 Å². The van der Waals surface area contributed by atoms with Crippen molar-refractivity contribution < 1.29 is 9.59 Å². The number of nitrogens with one attached hydrogen (secondary N) is 2. The van der Waals surface area contributed by atoms with E-state index in [1.807, 2.05) is 6.07 Å². The highest BCUT2D eigenvalue weighted by Gasteiger charge is 2.45. The minimum Gasteiger partial charge on any atom is -0.351 e.